The Bertz CT molecular complexity index is 1360. The van der Waals surface area contributed by atoms with E-state index in [4.69, 9.17) is 10.2 Å². The molecule has 35 heavy (non-hydrogen) atoms. The van der Waals surface area contributed by atoms with E-state index in [9.17, 15) is 4.79 Å². The first kappa shape index (κ1) is 21.9. The Labute approximate surface area is 202 Å². The molecule has 0 aliphatic carbocycles. The second-order valence-corrected chi connectivity index (χ2v) is 9.87. The summed E-state index contributed by atoms with van der Waals surface area (Å²) in [5, 5.41) is 10.2. The molecule has 2 bridgehead atoms. The number of aromatic nitrogens is 2. The summed E-state index contributed by atoms with van der Waals surface area (Å²) >= 11 is 0. The fourth-order valence-corrected chi connectivity index (χ4v) is 5.57. The molecule has 3 aliphatic rings. The van der Waals surface area contributed by atoms with Crippen molar-refractivity contribution in [1.82, 2.24) is 20.2 Å². The van der Waals surface area contributed by atoms with Crippen LogP contribution in [0.2, 0.25) is 0 Å². The fraction of sp³-hybridized carbons (Fsp3) is 0.400. The van der Waals surface area contributed by atoms with Gasteiger partial charge in [-0.15, -0.1) is 0 Å². The fourth-order valence-electron chi connectivity index (χ4n) is 5.57. The highest BCUT2D eigenvalue weighted by molar-refractivity contribution is 5.95. The Kier molecular flexibility index (Phi) is 5.15. The number of guanidine groups is 1. The zero-order chi connectivity index (χ0) is 24.2. The number of piperidine rings is 1. The summed E-state index contributed by atoms with van der Waals surface area (Å²) < 4.78 is 5.11. The van der Waals surface area contributed by atoms with E-state index in [2.05, 4.69) is 42.9 Å². The summed E-state index contributed by atoms with van der Waals surface area (Å²) in [6.07, 6.45) is 8.46. The van der Waals surface area contributed by atoms with E-state index < -0.39 is 11.4 Å². The molecule has 5 heterocycles. The maximum Gasteiger partial charge on any atom is 0.417 e. The third-order valence-electron chi connectivity index (χ3n) is 7.68. The molecule has 10 nitrogen and oxygen atoms in total. The van der Waals surface area contributed by atoms with Crippen molar-refractivity contribution in [2.24, 2.45) is 10.7 Å². The van der Waals surface area contributed by atoms with Gasteiger partial charge in [-0.2, -0.15) is 0 Å². The van der Waals surface area contributed by atoms with E-state index in [0.717, 1.165) is 35.5 Å². The van der Waals surface area contributed by atoms with E-state index in [1.807, 2.05) is 31.2 Å². The highest BCUT2D eigenvalue weighted by Gasteiger charge is 2.38. The van der Waals surface area contributed by atoms with Gasteiger partial charge in [0.05, 0.1) is 17.4 Å². The average Bonchev–Trinajstić information content (AvgIpc) is 3.29. The largest absolute Gasteiger partial charge is 0.417 e. The molecule has 1 aromatic carbocycles. The maximum absolute atomic E-state index is 11.5. The van der Waals surface area contributed by atoms with Gasteiger partial charge in [0, 0.05) is 24.3 Å². The Morgan fingerprint density at radius 1 is 1.20 bits per heavy atom. The van der Waals surface area contributed by atoms with Crippen molar-refractivity contribution < 1.29 is 4.42 Å². The number of anilines is 2. The van der Waals surface area contributed by atoms with Crippen molar-refractivity contribution in [2.45, 2.75) is 56.4 Å². The molecule has 0 radical (unpaired) electrons. The summed E-state index contributed by atoms with van der Waals surface area (Å²) in [5.74, 6) is 0.896. The zero-order valence-corrected chi connectivity index (χ0v) is 19.8. The highest BCUT2D eigenvalue weighted by atomic mass is 16.4. The van der Waals surface area contributed by atoms with E-state index in [0.29, 0.717) is 35.2 Å². The quantitative estimate of drug-likeness (QED) is 0.389. The molecule has 182 valence electrons. The number of rotatable bonds is 4. The van der Waals surface area contributed by atoms with Crippen LogP contribution in [0.15, 0.2) is 62.5 Å². The second kappa shape index (κ2) is 8.24. The Balaban J connectivity index is 1.14. The second-order valence-electron chi connectivity index (χ2n) is 9.87. The van der Waals surface area contributed by atoms with Crippen molar-refractivity contribution in [2.75, 3.05) is 17.7 Å². The number of hydrogen-bond acceptors (Lipinski definition) is 9. The van der Waals surface area contributed by atoms with Gasteiger partial charge in [0.1, 0.15) is 11.5 Å². The average molecular weight is 475 g/mol. The van der Waals surface area contributed by atoms with Crippen molar-refractivity contribution in [3.63, 3.8) is 0 Å². The van der Waals surface area contributed by atoms with Gasteiger partial charge in [0.2, 0.25) is 5.96 Å². The van der Waals surface area contributed by atoms with Crippen LogP contribution in [0.1, 0.15) is 38.2 Å². The van der Waals surface area contributed by atoms with Crippen LogP contribution < -0.4 is 27.4 Å². The Hall–Kier alpha value is -3.63. The topological polar surface area (TPSA) is 137 Å². The molecule has 6 N–H and O–H groups in total. The maximum atomic E-state index is 11.5. The van der Waals surface area contributed by atoms with Gasteiger partial charge in [-0.1, -0.05) is 6.07 Å². The Morgan fingerprint density at radius 3 is 2.74 bits per heavy atom. The summed E-state index contributed by atoms with van der Waals surface area (Å²) in [6, 6.07) is 11.2. The van der Waals surface area contributed by atoms with Gasteiger partial charge in [-0.3, -0.25) is 4.98 Å². The molecule has 0 spiro atoms. The lowest BCUT2D eigenvalue weighted by Gasteiger charge is -2.36. The van der Waals surface area contributed by atoms with Gasteiger partial charge < -0.3 is 31.0 Å². The van der Waals surface area contributed by atoms with Crippen LogP contribution in [0.4, 0.5) is 11.5 Å². The number of aliphatic imine (C=N–C) groups is 1. The van der Waals surface area contributed by atoms with Gasteiger partial charge in [0.15, 0.2) is 5.58 Å². The van der Waals surface area contributed by atoms with Crippen LogP contribution in [0.5, 0.6) is 0 Å². The van der Waals surface area contributed by atoms with Gasteiger partial charge in [-0.25, -0.2) is 14.8 Å². The Morgan fingerprint density at radius 2 is 2.00 bits per heavy atom. The molecule has 0 amide bonds. The van der Waals surface area contributed by atoms with Crippen molar-refractivity contribution in [1.29, 1.82) is 0 Å². The zero-order valence-electron chi connectivity index (χ0n) is 19.8. The molecular weight excluding hydrogens is 444 g/mol. The molecule has 2 aromatic heterocycles. The monoisotopic (exact) mass is 474 g/mol. The molecule has 3 aliphatic heterocycles. The number of nitrogens with two attached hydrogens (primary N) is 1. The molecule has 3 aromatic rings. The third kappa shape index (κ3) is 3.98. The minimum atomic E-state index is -1.01. The van der Waals surface area contributed by atoms with Gasteiger partial charge >= 0.3 is 5.76 Å². The van der Waals surface area contributed by atoms with Crippen molar-refractivity contribution in [3.05, 3.63) is 64.4 Å². The lowest BCUT2D eigenvalue weighted by atomic mass is 9.92. The minimum Gasteiger partial charge on any atom is -0.408 e. The summed E-state index contributed by atoms with van der Waals surface area (Å²) in [7, 11) is 2.25. The lowest BCUT2D eigenvalue weighted by molar-refractivity contribution is 0.169. The number of nitrogens with zero attached hydrogens (tertiary/aromatic N) is 3. The van der Waals surface area contributed by atoms with E-state index in [1.54, 1.807) is 18.5 Å². The predicted octanol–water partition coefficient (Wildman–Crippen LogP) is 2.64. The molecule has 2 fully saturated rings. The summed E-state index contributed by atoms with van der Waals surface area (Å²) in [4.78, 5) is 25.8. The molecule has 3 unspecified atom stereocenters. The summed E-state index contributed by atoms with van der Waals surface area (Å²) in [5.41, 5.74) is 9.26. The van der Waals surface area contributed by atoms with E-state index >= 15 is 0 Å². The van der Waals surface area contributed by atoms with Crippen molar-refractivity contribution in [3.8, 4) is 0 Å². The number of oxazole rings is 1. The van der Waals surface area contributed by atoms with Gasteiger partial charge in [0.25, 0.3) is 0 Å². The number of H-pyrrole nitrogens is 1. The molecule has 0 saturated carbocycles. The number of fused-ring (bicyclic) bond motifs is 3. The number of benzene rings is 1. The van der Waals surface area contributed by atoms with Crippen LogP contribution in [0, 0.1) is 0 Å². The van der Waals surface area contributed by atoms with Gasteiger partial charge in [-0.05, 0) is 75.1 Å². The number of pyridine rings is 1. The van der Waals surface area contributed by atoms with Crippen LogP contribution in [-0.4, -0.2) is 46.0 Å². The van der Waals surface area contributed by atoms with Crippen LogP contribution in [-0.2, 0) is 5.66 Å². The SMILES string of the molecule is CC1=CN=C(Nc2ccc(NC3CC4CCC(C3)N4C)nc2)NC1(N)c1ccc2oc(=O)[nH]c2c1. The standard InChI is InChI=1S/C25H30N8O2/c1-14-12-28-23(32-25(14,26)15-3-7-21-20(9-15)31-24(34)35-21)30-16-4-8-22(27-13-16)29-17-10-18-5-6-19(11-17)33(18)2/h3-4,7-9,12-13,17-19H,5-6,10-11,26H2,1-2H3,(H,27,29)(H,31,34)(H2,28,30,32). The van der Waals surface area contributed by atoms with E-state index in [1.165, 1.54) is 12.8 Å². The highest BCUT2D eigenvalue weighted by Crippen LogP contribution is 2.35. The van der Waals surface area contributed by atoms with E-state index in [-0.39, 0.29) is 0 Å². The molecule has 3 atom stereocenters. The lowest BCUT2D eigenvalue weighted by Crippen LogP contribution is -2.57. The molecule has 6 rings (SSSR count). The number of hydrogen-bond donors (Lipinski definition) is 5. The third-order valence-corrected chi connectivity index (χ3v) is 7.68. The number of nitrogens with one attached hydrogen (secondary N) is 4. The molecule has 2 saturated heterocycles. The first-order valence-corrected chi connectivity index (χ1v) is 12.0. The first-order valence-electron chi connectivity index (χ1n) is 12.0. The van der Waals surface area contributed by atoms with Crippen LogP contribution in [0.25, 0.3) is 11.1 Å². The normalized spacial score (nSPS) is 28.4. The summed E-state index contributed by atoms with van der Waals surface area (Å²) in [6.45, 7) is 1.91. The predicted molar refractivity (Wildman–Crippen MR) is 136 cm³/mol. The number of aromatic amines is 1. The smallest absolute Gasteiger partial charge is 0.408 e. The van der Waals surface area contributed by atoms with Crippen LogP contribution >= 0.6 is 0 Å². The first-order chi connectivity index (χ1) is 16.9. The van der Waals surface area contributed by atoms with Crippen molar-refractivity contribution >= 4 is 28.6 Å². The minimum absolute atomic E-state index is 0.466. The van der Waals surface area contributed by atoms with Crippen LogP contribution in [0.3, 0.4) is 0 Å². The molecule has 10 heteroatoms. The molecular formula is C25H30N8O2.